The summed E-state index contributed by atoms with van der Waals surface area (Å²) < 4.78 is 2.67. The van der Waals surface area contributed by atoms with Gasteiger partial charge in [0.2, 0.25) is 0 Å². The second kappa shape index (κ2) is 7.62. The highest BCUT2D eigenvalue weighted by molar-refractivity contribution is 15.0. The number of aromatic nitrogens is 2. The van der Waals surface area contributed by atoms with Crippen molar-refractivity contribution in [2.75, 3.05) is 5.73 Å². The first-order valence-electron chi connectivity index (χ1n) is 6.56. The van der Waals surface area contributed by atoms with E-state index < -0.39 is 0 Å². The van der Waals surface area contributed by atoms with Crippen LogP contribution in [0.15, 0.2) is 21.7 Å². The number of aryl methyl sites for hydroxylation is 2. The normalized spacial score (nSPS) is 10.1. The van der Waals surface area contributed by atoms with Crippen molar-refractivity contribution < 1.29 is 0 Å². The van der Waals surface area contributed by atoms with E-state index >= 15 is 0 Å². The van der Waals surface area contributed by atoms with E-state index in [2.05, 4.69) is 37.2 Å². The quantitative estimate of drug-likeness (QED) is 0.458. The number of benzene rings is 1. The molecule has 1 aromatic carbocycles. The van der Waals surface area contributed by atoms with Gasteiger partial charge in [-0.2, -0.15) is 0 Å². The summed E-state index contributed by atoms with van der Waals surface area (Å²) in [5, 5.41) is 0. The van der Waals surface area contributed by atoms with E-state index in [-0.39, 0.29) is 11.2 Å². The Morgan fingerprint density at radius 3 is 2.09 bits per heavy atom. The van der Waals surface area contributed by atoms with Gasteiger partial charge in [-0.15, -0.1) is 0 Å². The molecule has 5 nitrogen and oxygen atoms in total. The molecule has 0 bridgehead atoms. The third kappa shape index (κ3) is 3.39. The molecular formula is C15H19I2N3O2. The Hall–Kier alpha value is -0.840. The standard InChI is InChI=1S/C15H19N3O2.I2/c1-8-6-9(2)13(7-12(8)16)18-14(19)10(3)11(4)17(5)15(18)20;1-2/h6-7H,16H2,1-5H3;. The molecule has 1 aromatic heterocycles. The van der Waals surface area contributed by atoms with E-state index in [1.807, 2.05) is 19.9 Å². The maximum absolute atomic E-state index is 12.4. The molecule has 2 rings (SSSR count). The highest BCUT2D eigenvalue weighted by Gasteiger charge is 2.15. The summed E-state index contributed by atoms with van der Waals surface area (Å²) in [5.41, 5.74) is 9.38. The molecule has 120 valence electrons. The average molecular weight is 527 g/mol. The highest BCUT2D eigenvalue weighted by Crippen LogP contribution is 2.19. The van der Waals surface area contributed by atoms with E-state index in [4.69, 9.17) is 5.73 Å². The molecule has 0 saturated heterocycles. The predicted molar refractivity (Wildman–Crippen MR) is 109 cm³/mol. The zero-order valence-electron chi connectivity index (χ0n) is 13.2. The number of rotatable bonds is 1. The Morgan fingerprint density at radius 1 is 1.00 bits per heavy atom. The minimum absolute atomic E-state index is 0.294. The largest absolute Gasteiger partial charge is 0.398 e. The van der Waals surface area contributed by atoms with Gasteiger partial charge in [0.1, 0.15) is 0 Å². The third-order valence-corrected chi connectivity index (χ3v) is 3.87. The fourth-order valence-corrected chi connectivity index (χ4v) is 2.26. The van der Waals surface area contributed by atoms with Crippen LogP contribution in [0.5, 0.6) is 0 Å². The molecule has 0 aliphatic rings. The van der Waals surface area contributed by atoms with Crippen molar-refractivity contribution in [1.82, 2.24) is 9.13 Å². The van der Waals surface area contributed by atoms with Crippen molar-refractivity contribution >= 4 is 42.9 Å². The molecule has 22 heavy (non-hydrogen) atoms. The maximum Gasteiger partial charge on any atom is 0.335 e. The molecule has 2 N–H and O–H groups in total. The van der Waals surface area contributed by atoms with Crippen LogP contribution in [0.4, 0.5) is 5.69 Å². The zero-order chi connectivity index (χ0) is 17.2. The molecule has 0 aliphatic carbocycles. The van der Waals surface area contributed by atoms with Crippen molar-refractivity contribution in [3.63, 3.8) is 0 Å². The monoisotopic (exact) mass is 527 g/mol. The van der Waals surface area contributed by atoms with Crippen LogP contribution in [0.1, 0.15) is 22.4 Å². The first kappa shape index (κ1) is 19.2. The molecule has 0 amide bonds. The first-order valence-corrected chi connectivity index (χ1v) is 12.8. The summed E-state index contributed by atoms with van der Waals surface area (Å²) >= 11 is 4.24. The summed E-state index contributed by atoms with van der Waals surface area (Å²) in [6, 6.07) is 3.56. The van der Waals surface area contributed by atoms with Crippen LogP contribution in [0, 0.1) is 27.7 Å². The van der Waals surface area contributed by atoms with E-state index in [0.717, 1.165) is 11.1 Å². The Kier molecular flexibility index (Phi) is 6.65. The molecule has 0 spiro atoms. The molecule has 0 atom stereocenters. The van der Waals surface area contributed by atoms with Crippen LogP contribution in [-0.4, -0.2) is 9.13 Å². The first-order chi connectivity index (χ1) is 10.3. The van der Waals surface area contributed by atoms with Gasteiger partial charge < -0.3 is 10.3 Å². The number of anilines is 1. The van der Waals surface area contributed by atoms with Crippen LogP contribution < -0.4 is 17.0 Å². The minimum Gasteiger partial charge on any atom is -0.398 e. The SMILES string of the molecule is Cc1cc(C)c(-n2c(=O)c(C)c(C)n(C)c2=O)cc1N.II. The lowest BCUT2D eigenvalue weighted by molar-refractivity contribution is 0.700. The van der Waals surface area contributed by atoms with Crippen LogP contribution >= 0.6 is 37.2 Å². The van der Waals surface area contributed by atoms with Gasteiger partial charge in [-0.25, -0.2) is 9.36 Å². The molecule has 1 heterocycles. The second-order valence-electron chi connectivity index (χ2n) is 5.19. The minimum atomic E-state index is -0.357. The van der Waals surface area contributed by atoms with Crippen molar-refractivity contribution in [1.29, 1.82) is 0 Å². The van der Waals surface area contributed by atoms with Crippen molar-refractivity contribution in [3.05, 3.63) is 55.4 Å². The van der Waals surface area contributed by atoms with E-state index in [1.165, 1.54) is 9.13 Å². The molecule has 0 unspecified atom stereocenters. The van der Waals surface area contributed by atoms with E-state index in [1.54, 1.807) is 27.0 Å². The van der Waals surface area contributed by atoms with Crippen molar-refractivity contribution in [2.24, 2.45) is 7.05 Å². The van der Waals surface area contributed by atoms with E-state index in [9.17, 15) is 9.59 Å². The Labute approximate surface area is 152 Å². The number of halogens is 2. The molecule has 0 saturated carbocycles. The predicted octanol–water partition coefficient (Wildman–Crippen LogP) is 3.12. The van der Waals surface area contributed by atoms with Crippen molar-refractivity contribution in [2.45, 2.75) is 27.7 Å². The summed E-state index contributed by atoms with van der Waals surface area (Å²) in [7, 11) is 1.66. The molecule has 2 aromatic rings. The smallest absolute Gasteiger partial charge is 0.335 e. The summed E-state index contributed by atoms with van der Waals surface area (Å²) in [5.74, 6) is 0. The van der Waals surface area contributed by atoms with Gasteiger partial charge in [0.15, 0.2) is 0 Å². The van der Waals surface area contributed by atoms with Crippen LogP contribution in [-0.2, 0) is 7.05 Å². The Balaban J connectivity index is 0.00000116. The fraction of sp³-hybridized carbons (Fsp3) is 0.333. The van der Waals surface area contributed by atoms with Gasteiger partial charge in [-0.3, -0.25) is 4.79 Å². The number of nitrogen functional groups attached to an aromatic ring is 1. The van der Waals surface area contributed by atoms with E-state index in [0.29, 0.717) is 22.6 Å². The molecule has 0 radical (unpaired) electrons. The van der Waals surface area contributed by atoms with Crippen LogP contribution in [0.3, 0.4) is 0 Å². The Morgan fingerprint density at radius 2 is 1.55 bits per heavy atom. The van der Waals surface area contributed by atoms with Gasteiger partial charge in [0.25, 0.3) is 5.56 Å². The fourth-order valence-electron chi connectivity index (χ4n) is 2.26. The molecular weight excluding hydrogens is 508 g/mol. The maximum atomic E-state index is 12.4. The van der Waals surface area contributed by atoms with Crippen LogP contribution in [0.2, 0.25) is 0 Å². The average Bonchev–Trinajstić information content (AvgIpc) is 2.50. The number of nitrogens with zero attached hydrogens (tertiary/aromatic N) is 2. The molecule has 0 aliphatic heterocycles. The lowest BCUT2D eigenvalue weighted by Gasteiger charge is -2.15. The lowest BCUT2D eigenvalue weighted by atomic mass is 10.1. The zero-order valence-corrected chi connectivity index (χ0v) is 17.5. The van der Waals surface area contributed by atoms with Gasteiger partial charge in [0, 0.05) is 61.2 Å². The topological polar surface area (TPSA) is 70.0 Å². The number of hydrogen-bond acceptors (Lipinski definition) is 3. The highest BCUT2D eigenvalue weighted by atomic mass is 128. The number of nitrogens with two attached hydrogens (primary N) is 1. The van der Waals surface area contributed by atoms with Gasteiger partial charge in [-0.05, 0) is 44.9 Å². The summed E-state index contributed by atoms with van der Waals surface area (Å²) in [6.07, 6.45) is 0. The van der Waals surface area contributed by atoms with Gasteiger partial charge in [0.05, 0.1) is 5.69 Å². The molecule has 7 heteroatoms. The van der Waals surface area contributed by atoms with Crippen molar-refractivity contribution in [3.8, 4) is 5.69 Å². The van der Waals surface area contributed by atoms with Gasteiger partial charge >= 0.3 is 5.69 Å². The van der Waals surface area contributed by atoms with Gasteiger partial charge in [-0.1, -0.05) is 6.07 Å². The summed E-state index contributed by atoms with van der Waals surface area (Å²) in [4.78, 5) is 24.8. The van der Waals surface area contributed by atoms with Crippen LogP contribution in [0.25, 0.3) is 5.69 Å². The number of hydrogen-bond donors (Lipinski definition) is 1. The summed E-state index contributed by atoms with van der Waals surface area (Å²) in [6.45, 7) is 7.25. The second-order valence-corrected chi connectivity index (χ2v) is 5.19. The Bertz CT molecular complexity index is 786. The molecule has 0 fully saturated rings. The lowest BCUT2D eigenvalue weighted by Crippen LogP contribution is -2.40. The third-order valence-electron chi connectivity index (χ3n) is 3.87.